The Labute approximate surface area is 139 Å². The molecule has 1 aromatic heterocycles. The number of hydrogen-bond donors (Lipinski definition) is 2. The van der Waals surface area contributed by atoms with Crippen LogP contribution in [0.2, 0.25) is 0 Å². The maximum absolute atomic E-state index is 12.1. The zero-order valence-corrected chi connectivity index (χ0v) is 13.8. The van der Waals surface area contributed by atoms with Gasteiger partial charge in [-0.25, -0.2) is 0 Å². The molecule has 2 heterocycles. The van der Waals surface area contributed by atoms with Crippen LogP contribution < -0.4 is 20.5 Å². The van der Waals surface area contributed by atoms with Crippen LogP contribution in [0, 0.1) is 0 Å². The largest absolute Gasteiger partial charge is 0.486 e. The Balaban J connectivity index is 1.70. The molecule has 3 rings (SSSR count). The highest BCUT2D eigenvalue weighted by Crippen LogP contribution is 2.36. The van der Waals surface area contributed by atoms with Gasteiger partial charge in [0.2, 0.25) is 0 Å². The van der Waals surface area contributed by atoms with Crippen molar-refractivity contribution in [2.24, 2.45) is 5.73 Å². The van der Waals surface area contributed by atoms with Gasteiger partial charge in [-0.2, -0.15) is 0 Å². The smallest absolute Gasteiger partial charge is 0.261 e. The van der Waals surface area contributed by atoms with Gasteiger partial charge in [-0.1, -0.05) is 0 Å². The van der Waals surface area contributed by atoms with Gasteiger partial charge in [-0.3, -0.25) is 4.79 Å². The maximum atomic E-state index is 12.1. The summed E-state index contributed by atoms with van der Waals surface area (Å²) in [5, 5.41) is 2.89. The van der Waals surface area contributed by atoms with Gasteiger partial charge in [0.15, 0.2) is 11.5 Å². The number of thiophene rings is 1. The number of ether oxygens (including phenoxy) is 2. The van der Waals surface area contributed by atoms with Crippen LogP contribution in [-0.2, 0) is 0 Å². The molecule has 0 spiro atoms. The second kappa shape index (κ2) is 7.02. The van der Waals surface area contributed by atoms with Crippen LogP contribution in [0.5, 0.6) is 11.5 Å². The summed E-state index contributed by atoms with van der Waals surface area (Å²) in [6, 6.07) is 9.74. The van der Waals surface area contributed by atoms with Gasteiger partial charge in [0.25, 0.3) is 5.91 Å². The molecule has 6 heteroatoms. The first-order valence-corrected chi connectivity index (χ1v) is 8.49. The summed E-state index contributed by atoms with van der Waals surface area (Å²) in [7, 11) is 0. The van der Waals surface area contributed by atoms with Crippen LogP contribution in [0.3, 0.4) is 0 Å². The van der Waals surface area contributed by atoms with E-state index in [1.807, 2.05) is 37.3 Å². The van der Waals surface area contributed by atoms with E-state index in [0.29, 0.717) is 24.6 Å². The van der Waals surface area contributed by atoms with Gasteiger partial charge in [0, 0.05) is 17.5 Å². The fourth-order valence-corrected chi connectivity index (χ4v) is 3.23. The first-order valence-electron chi connectivity index (χ1n) is 7.67. The second-order valence-electron chi connectivity index (χ2n) is 5.54. The lowest BCUT2D eigenvalue weighted by atomic mass is 10.1. The molecule has 0 radical (unpaired) electrons. The van der Waals surface area contributed by atoms with E-state index in [-0.39, 0.29) is 11.9 Å². The predicted octanol–water partition coefficient (Wildman–Crippen LogP) is 2.65. The van der Waals surface area contributed by atoms with E-state index < -0.39 is 0 Å². The van der Waals surface area contributed by atoms with E-state index in [9.17, 15) is 4.79 Å². The summed E-state index contributed by atoms with van der Waals surface area (Å²) in [5.41, 5.74) is 6.70. The molecule has 1 aromatic carbocycles. The number of nitrogens with one attached hydrogen (secondary N) is 1. The number of hydrogen-bond acceptors (Lipinski definition) is 5. The highest BCUT2D eigenvalue weighted by Gasteiger charge is 2.15. The normalized spacial score (nSPS) is 14.3. The third-order valence-electron chi connectivity index (χ3n) is 3.54. The number of carbonyl (C=O) groups excluding carboxylic acids is 1. The van der Waals surface area contributed by atoms with Gasteiger partial charge < -0.3 is 20.5 Å². The number of amides is 1. The standard InChI is InChI=1S/C17H20N2O3S/c1-11(18)6-7-19-17(20)16-5-4-15(23-16)12-2-3-13-14(10-12)22-9-8-21-13/h2-5,10-11H,6-9,18H2,1H3,(H,19,20). The second-order valence-corrected chi connectivity index (χ2v) is 6.63. The van der Waals surface area contributed by atoms with E-state index in [2.05, 4.69) is 5.32 Å². The van der Waals surface area contributed by atoms with E-state index in [4.69, 9.17) is 15.2 Å². The Kier molecular flexibility index (Phi) is 4.83. The average Bonchev–Trinajstić information content (AvgIpc) is 3.04. The molecule has 1 amide bonds. The van der Waals surface area contributed by atoms with Gasteiger partial charge in [0.05, 0.1) is 4.88 Å². The van der Waals surface area contributed by atoms with Crippen molar-refractivity contribution < 1.29 is 14.3 Å². The molecular weight excluding hydrogens is 312 g/mol. The molecule has 0 bridgehead atoms. The molecule has 1 atom stereocenters. The molecule has 2 aromatic rings. The first kappa shape index (κ1) is 15.8. The minimum atomic E-state index is -0.0561. The molecule has 1 unspecified atom stereocenters. The fraction of sp³-hybridized carbons (Fsp3) is 0.353. The minimum absolute atomic E-state index is 0.0561. The lowest BCUT2D eigenvalue weighted by molar-refractivity contribution is 0.0957. The highest BCUT2D eigenvalue weighted by molar-refractivity contribution is 7.17. The Hall–Kier alpha value is -2.05. The molecule has 3 N–H and O–H groups in total. The van der Waals surface area contributed by atoms with Crippen molar-refractivity contribution in [2.75, 3.05) is 19.8 Å². The fourth-order valence-electron chi connectivity index (χ4n) is 2.31. The van der Waals surface area contributed by atoms with Crippen molar-refractivity contribution >= 4 is 17.2 Å². The van der Waals surface area contributed by atoms with Crippen LogP contribution in [0.1, 0.15) is 23.0 Å². The Morgan fingerprint density at radius 3 is 2.83 bits per heavy atom. The van der Waals surface area contributed by atoms with Gasteiger partial charge in [-0.15, -0.1) is 11.3 Å². The summed E-state index contributed by atoms with van der Waals surface area (Å²) >= 11 is 1.46. The Bertz CT molecular complexity index is 697. The third kappa shape index (κ3) is 3.83. The minimum Gasteiger partial charge on any atom is -0.486 e. The average molecular weight is 332 g/mol. The molecule has 5 nitrogen and oxygen atoms in total. The van der Waals surface area contributed by atoms with Crippen molar-refractivity contribution in [1.29, 1.82) is 0 Å². The maximum Gasteiger partial charge on any atom is 0.261 e. The molecule has 0 fully saturated rings. The summed E-state index contributed by atoms with van der Waals surface area (Å²) in [5.74, 6) is 1.47. The molecule has 0 saturated heterocycles. The Morgan fingerprint density at radius 1 is 1.26 bits per heavy atom. The quantitative estimate of drug-likeness (QED) is 0.883. The molecule has 23 heavy (non-hydrogen) atoms. The van der Waals surface area contributed by atoms with Crippen LogP contribution in [-0.4, -0.2) is 31.7 Å². The number of fused-ring (bicyclic) bond motifs is 1. The lowest BCUT2D eigenvalue weighted by Gasteiger charge is -2.18. The summed E-state index contributed by atoms with van der Waals surface area (Å²) < 4.78 is 11.1. The van der Waals surface area contributed by atoms with Gasteiger partial charge in [0.1, 0.15) is 13.2 Å². The lowest BCUT2D eigenvalue weighted by Crippen LogP contribution is -2.28. The Morgan fingerprint density at radius 2 is 2.04 bits per heavy atom. The molecule has 0 aliphatic carbocycles. The zero-order chi connectivity index (χ0) is 16.2. The zero-order valence-electron chi connectivity index (χ0n) is 13.0. The van der Waals surface area contributed by atoms with Crippen LogP contribution in [0.15, 0.2) is 30.3 Å². The van der Waals surface area contributed by atoms with Crippen molar-refractivity contribution in [3.8, 4) is 21.9 Å². The highest BCUT2D eigenvalue weighted by atomic mass is 32.1. The number of carbonyl (C=O) groups is 1. The van der Waals surface area contributed by atoms with Crippen LogP contribution in [0.25, 0.3) is 10.4 Å². The van der Waals surface area contributed by atoms with Crippen molar-refractivity contribution in [1.82, 2.24) is 5.32 Å². The molecule has 0 saturated carbocycles. The predicted molar refractivity (Wildman–Crippen MR) is 91.3 cm³/mol. The third-order valence-corrected chi connectivity index (χ3v) is 4.67. The van der Waals surface area contributed by atoms with E-state index in [0.717, 1.165) is 28.4 Å². The van der Waals surface area contributed by atoms with Crippen molar-refractivity contribution in [3.05, 3.63) is 35.2 Å². The SMILES string of the molecule is CC(N)CCNC(=O)c1ccc(-c2ccc3c(c2)OCCO3)s1. The van der Waals surface area contributed by atoms with Gasteiger partial charge in [-0.05, 0) is 49.2 Å². The van der Waals surface area contributed by atoms with Gasteiger partial charge >= 0.3 is 0 Å². The van der Waals surface area contributed by atoms with Crippen LogP contribution in [0.4, 0.5) is 0 Å². The monoisotopic (exact) mass is 332 g/mol. The summed E-state index contributed by atoms with van der Waals surface area (Å²) in [4.78, 5) is 13.8. The topological polar surface area (TPSA) is 73.6 Å². The van der Waals surface area contributed by atoms with Crippen molar-refractivity contribution in [2.45, 2.75) is 19.4 Å². The van der Waals surface area contributed by atoms with Crippen molar-refractivity contribution in [3.63, 3.8) is 0 Å². The molecule has 1 aliphatic rings. The summed E-state index contributed by atoms with van der Waals surface area (Å²) in [6.45, 7) is 3.66. The summed E-state index contributed by atoms with van der Waals surface area (Å²) in [6.07, 6.45) is 0.770. The number of nitrogens with two attached hydrogens (primary N) is 1. The molecule has 122 valence electrons. The van der Waals surface area contributed by atoms with E-state index in [1.54, 1.807) is 0 Å². The molecular formula is C17H20N2O3S. The molecule has 1 aliphatic heterocycles. The first-order chi connectivity index (χ1) is 11.1. The van der Waals surface area contributed by atoms with E-state index in [1.165, 1.54) is 11.3 Å². The number of benzene rings is 1. The van der Waals surface area contributed by atoms with E-state index >= 15 is 0 Å². The van der Waals surface area contributed by atoms with Crippen LogP contribution >= 0.6 is 11.3 Å². The number of rotatable bonds is 5.